The number of aromatic nitrogens is 1. The summed E-state index contributed by atoms with van der Waals surface area (Å²) in [7, 11) is 0. The number of guanidine groups is 1. The maximum absolute atomic E-state index is 4.63. The van der Waals surface area contributed by atoms with Crippen molar-refractivity contribution in [1.82, 2.24) is 15.6 Å². The van der Waals surface area contributed by atoms with Crippen molar-refractivity contribution in [3.05, 3.63) is 51.5 Å². The number of rotatable bonds is 5. The topological polar surface area (TPSA) is 49.3 Å². The van der Waals surface area contributed by atoms with E-state index in [1.54, 1.807) is 11.3 Å². The fraction of sp³-hybridized carbons (Fsp3) is 0.412. The number of nitrogens with one attached hydrogen (secondary N) is 2. The summed E-state index contributed by atoms with van der Waals surface area (Å²) in [6.07, 6.45) is 3.06. The number of hydrogen-bond donors (Lipinski definition) is 2. The van der Waals surface area contributed by atoms with Crippen LogP contribution in [0.25, 0.3) is 0 Å². The molecule has 0 bridgehead atoms. The maximum Gasteiger partial charge on any atom is 0.191 e. The number of thiazole rings is 1. The fourth-order valence-electron chi connectivity index (χ4n) is 2.73. The maximum atomic E-state index is 4.63. The Labute approximate surface area is 135 Å². The zero-order valence-corrected chi connectivity index (χ0v) is 13.9. The van der Waals surface area contributed by atoms with E-state index in [2.05, 4.69) is 58.7 Å². The van der Waals surface area contributed by atoms with E-state index in [0.717, 1.165) is 30.5 Å². The van der Waals surface area contributed by atoms with Crippen LogP contribution in [0.15, 0.2) is 35.5 Å². The van der Waals surface area contributed by atoms with Crippen LogP contribution in [0.2, 0.25) is 0 Å². The summed E-state index contributed by atoms with van der Waals surface area (Å²) in [5, 5.41) is 7.82. The van der Waals surface area contributed by atoms with Gasteiger partial charge in [0.2, 0.25) is 0 Å². The Morgan fingerprint density at radius 1 is 1.36 bits per heavy atom. The Bertz CT molecular complexity index is 662. The zero-order valence-electron chi connectivity index (χ0n) is 13.1. The molecule has 2 N–H and O–H groups in total. The van der Waals surface area contributed by atoms with Gasteiger partial charge in [-0.1, -0.05) is 24.3 Å². The smallest absolute Gasteiger partial charge is 0.191 e. The van der Waals surface area contributed by atoms with Gasteiger partial charge in [0.15, 0.2) is 5.96 Å². The highest BCUT2D eigenvalue weighted by atomic mass is 32.1. The van der Waals surface area contributed by atoms with E-state index in [0.29, 0.717) is 12.5 Å². The Hall–Kier alpha value is -1.88. The molecule has 1 unspecified atom stereocenters. The highest BCUT2D eigenvalue weighted by Gasteiger charge is 2.25. The molecule has 0 aliphatic heterocycles. The minimum Gasteiger partial charge on any atom is -0.357 e. The van der Waals surface area contributed by atoms with E-state index >= 15 is 0 Å². The first-order valence-electron chi connectivity index (χ1n) is 7.77. The lowest BCUT2D eigenvalue weighted by molar-refractivity contribution is 0.584. The summed E-state index contributed by atoms with van der Waals surface area (Å²) >= 11 is 1.70. The number of hydrogen-bond acceptors (Lipinski definition) is 3. The summed E-state index contributed by atoms with van der Waals surface area (Å²) in [4.78, 5) is 10.2. The Balaban J connectivity index is 1.56. The predicted octanol–water partition coefficient (Wildman–Crippen LogP) is 2.85. The molecule has 1 aliphatic rings. The van der Waals surface area contributed by atoms with Crippen molar-refractivity contribution in [3.63, 3.8) is 0 Å². The molecule has 0 amide bonds. The second kappa shape index (κ2) is 6.92. The van der Waals surface area contributed by atoms with E-state index in [-0.39, 0.29) is 0 Å². The van der Waals surface area contributed by atoms with Crippen LogP contribution < -0.4 is 10.6 Å². The molecule has 0 saturated carbocycles. The first-order valence-corrected chi connectivity index (χ1v) is 8.59. The van der Waals surface area contributed by atoms with Crippen LogP contribution in [-0.2, 0) is 13.0 Å². The molecular formula is C17H22N4S. The van der Waals surface area contributed by atoms with Crippen molar-refractivity contribution < 1.29 is 0 Å². The van der Waals surface area contributed by atoms with Crippen molar-refractivity contribution >= 4 is 17.3 Å². The molecule has 3 rings (SSSR count). The van der Waals surface area contributed by atoms with Crippen LogP contribution in [0.1, 0.15) is 33.9 Å². The number of nitrogens with zero attached hydrogens (tertiary/aromatic N) is 2. The molecule has 1 aromatic heterocycles. The molecular weight excluding hydrogens is 292 g/mol. The van der Waals surface area contributed by atoms with Crippen LogP contribution in [0, 0.1) is 6.92 Å². The van der Waals surface area contributed by atoms with Gasteiger partial charge in [-0.05, 0) is 31.4 Å². The Morgan fingerprint density at radius 3 is 2.95 bits per heavy atom. The molecule has 1 aromatic carbocycles. The summed E-state index contributed by atoms with van der Waals surface area (Å²) in [5.41, 5.74) is 2.95. The summed E-state index contributed by atoms with van der Waals surface area (Å²) < 4.78 is 0. The lowest BCUT2D eigenvalue weighted by Gasteiger charge is -2.30. The molecule has 2 aromatic rings. The molecule has 1 aliphatic carbocycles. The van der Waals surface area contributed by atoms with Gasteiger partial charge in [-0.15, -0.1) is 11.3 Å². The third kappa shape index (κ3) is 3.47. The molecule has 1 heterocycles. The second-order valence-corrected chi connectivity index (χ2v) is 6.86. The van der Waals surface area contributed by atoms with Crippen molar-refractivity contribution in [1.29, 1.82) is 0 Å². The number of benzene rings is 1. The monoisotopic (exact) mass is 314 g/mol. The Morgan fingerprint density at radius 2 is 2.23 bits per heavy atom. The van der Waals surface area contributed by atoms with Crippen molar-refractivity contribution in [2.24, 2.45) is 4.99 Å². The first-order chi connectivity index (χ1) is 10.8. The minimum absolute atomic E-state index is 0.599. The molecule has 5 heteroatoms. The molecule has 0 fully saturated rings. The van der Waals surface area contributed by atoms with Crippen LogP contribution in [0.5, 0.6) is 0 Å². The van der Waals surface area contributed by atoms with Gasteiger partial charge in [0.1, 0.15) is 5.01 Å². The van der Waals surface area contributed by atoms with E-state index < -0.39 is 0 Å². The van der Waals surface area contributed by atoms with Gasteiger partial charge in [0.05, 0.1) is 6.54 Å². The van der Waals surface area contributed by atoms with Crippen LogP contribution in [0.3, 0.4) is 0 Å². The van der Waals surface area contributed by atoms with Gasteiger partial charge < -0.3 is 10.6 Å². The Kier molecular flexibility index (Phi) is 4.73. The summed E-state index contributed by atoms with van der Waals surface area (Å²) in [6.45, 7) is 6.59. The molecule has 4 nitrogen and oxygen atoms in total. The second-order valence-electron chi connectivity index (χ2n) is 5.54. The SMILES string of the molecule is CCNC(=NCc1ncc(C)s1)NCC1Cc2ccccc21. The van der Waals surface area contributed by atoms with E-state index in [4.69, 9.17) is 0 Å². The van der Waals surface area contributed by atoms with Gasteiger partial charge in [-0.2, -0.15) is 0 Å². The largest absolute Gasteiger partial charge is 0.357 e. The molecule has 116 valence electrons. The van der Waals surface area contributed by atoms with Crippen LogP contribution in [0.4, 0.5) is 0 Å². The standard InChI is InChI=1S/C17H22N4S/c1-3-18-17(21-11-16-19-9-12(2)22-16)20-10-14-8-13-6-4-5-7-15(13)14/h4-7,9,14H,3,8,10-11H2,1-2H3,(H2,18,20,21). The molecule has 1 atom stereocenters. The van der Waals surface area contributed by atoms with Gasteiger partial charge in [-0.25, -0.2) is 9.98 Å². The number of aryl methyl sites for hydroxylation is 1. The third-order valence-electron chi connectivity index (χ3n) is 3.86. The van der Waals surface area contributed by atoms with Crippen molar-refractivity contribution in [2.45, 2.75) is 32.7 Å². The van der Waals surface area contributed by atoms with Gasteiger partial charge in [0, 0.05) is 30.1 Å². The lowest BCUT2D eigenvalue weighted by atomic mass is 9.78. The molecule has 22 heavy (non-hydrogen) atoms. The third-order valence-corrected chi connectivity index (χ3v) is 4.76. The lowest BCUT2D eigenvalue weighted by Crippen LogP contribution is -2.41. The van der Waals surface area contributed by atoms with Gasteiger partial charge >= 0.3 is 0 Å². The predicted molar refractivity (Wildman–Crippen MR) is 92.6 cm³/mol. The average Bonchev–Trinajstić information content (AvgIpc) is 2.91. The first kappa shape index (κ1) is 15.0. The van der Waals surface area contributed by atoms with Crippen molar-refractivity contribution in [3.8, 4) is 0 Å². The fourth-order valence-corrected chi connectivity index (χ4v) is 3.44. The summed E-state index contributed by atoms with van der Waals surface area (Å²) in [5.74, 6) is 1.47. The van der Waals surface area contributed by atoms with E-state index in [9.17, 15) is 0 Å². The molecule has 0 saturated heterocycles. The number of aliphatic imine (C=N–C) groups is 1. The molecule has 0 spiro atoms. The average molecular weight is 314 g/mol. The van der Waals surface area contributed by atoms with Crippen LogP contribution >= 0.6 is 11.3 Å². The molecule has 0 radical (unpaired) electrons. The van der Waals surface area contributed by atoms with Crippen LogP contribution in [-0.4, -0.2) is 24.0 Å². The highest BCUT2D eigenvalue weighted by Crippen LogP contribution is 2.33. The minimum atomic E-state index is 0.599. The quantitative estimate of drug-likeness (QED) is 0.659. The van der Waals surface area contributed by atoms with Gasteiger partial charge in [-0.3, -0.25) is 0 Å². The van der Waals surface area contributed by atoms with Gasteiger partial charge in [0.25, 0.3) is 0 Å². The van der Waals surface area contributed by atoms with Crippen molar-refractivity contribution in [2.75, 3.05) is 13.1 Å². The number of fused-ring (bicyclic) bond motifs is 1. The van der Waals surface area contributed by atoms with E-state index in [1.165, 1.54) is 16.0 Å². The highest BCUT2D eigenvalue weighted by molar-refractivity contribution is 7.11. The normalized spacial score (nSPS) is 16.8. The van der Waals surface area contributed by atoms with E-state index in [1.807, 2.05) is 6.20 Å². The summed E-state index contributed by atoms with van der Waals surface area (Å²) in [6, 6.07) is 8.68. The zero-order chi connectivity index (χ0) is 15.4.